The fourth-order valence-corrected chi connectivity index (χ4v) is 2.90. The van der Waals surface area contributed by atoms with Crippen LogP contribution in [-0.2, 0) is 0 Å². The molecule has 2 aromatic rings. The van der Waals surface area contributed by atoms with Gasteiger partial charge in [-0.05, 0) is 43.3 Å². The molecule has 0 saturated heterocycles. The van der Waals surface area contributed by atoms with Crippen molar-refractivity contribution in [2.75, 3.05) is 11.4 Å². The molecule has 0 N–H and O–H groups in total. The van der Waals surface area contributed by atoms with Gasteiger partial charge in [0.15, 0.2) is 0 Å². The Labute approximate surface area is 110 Å². The Hall–Kier alpha value is -0.870. The Kier molecular flexibility index (Phi) is 3.84. The number of fused-ring (bicyclic) bond motifs is 1. The van der Waals surface area contributed by atoms with Crippen LogP contribution in [0.5, 0.6) is 0 Å². The summed E-state index contributed by atoms with van der Waals surface area (Å²) in [5, 5.41) is 3.46. The Morgan fingerprint density at radius 2 is 2.18 bits per heavy atom. The largest absolute Gasteiger partial charge is 0.354 e. The van der Waals surface area contributed by atoms with Gasteiger partial charge in [0.2, 0.25) is 5.28 Å². The second-order valence-electron chi connectivity index (χ2n) is 4.00. The van der Waals surface area contributed by atoms with E-state index in [2.05, 4.69) is 41.7 Å². The van der Waals surface area contributed by atoms with E-state index < -0.39 is 0 Å². The van der Waals surface area contributed by atoms with Crippen molar-refractivity contribution in [2.45, 2.75) is 33.2 Å². The standard InChI is InChI=1S/C12H16ClN3S/c1-4-8(3)16(5-2)10-9-6-7-17-11(9)15-12(13)14-10/h6-8H,4-5H2,1-3H3. The summed E-state index contributed by atoms with van der Waals surface area (Å²) in [7, 11) is 0. The minimum absolute atomic E-state index is 0.330. The molecule has 2 rings (SSSR count). The maximum absolute atomic E-state index is 5.99. The summed E-state index contributed by atoms with van der Waals surface area (Å²) < 4.78 is 0. The lowest BCUT2D eigenvalue weighted by atomic mass is 10.2. The minimum Gasteiger partial charge on any atom is -0.354 e. The average molecular weight is 270 g/mol. The first kappa shape index (κ1) is 12.6. The van der Waals surface area contributed by atoms with Crippen LogP contribution in [0.4, 0.5) is 5.82 Å². The molecular weight excluding hydrogens is 254 g/mol. The van der Waals surface area contributed by atoms with Gasteiger partial charge in [-0.3, -0.25) is 0 Å². The first-order valence-corrected chi connectivity index (χ1v) is 7.10. The quantitative estimate of drug-likeness (QED) is 0.787. The summed E-state index contributed by atoms with van der Waals surface area (Å²) in [6, 6.07) is 2.52. The van der Waals surface area contributed by atoms with E-state index in [1.807, 2.05) is 5.38 Å². The Balaban J connectivity index is 2.55. The molecule has 0 fully saturated rings. The highest BCUT2D eigenvalue weighted by atomic mass is 35.5. The molecule has 0 saturated carbocycles. The lowest BCUT2D eigenvalue weighted by molar-refractivity contribution is 0.625. The molecule has 2 heterocycles. The molecule has 3 nitrogen and oxygen atoms in total. The molecule has 1 unspecified atom stereocenters. The molecule has 0 bridgehead atoms. The van der Waals surface area contributed by atoms with Crippen molar-refractivity contribution in [1.82, 2.24) is 9.97 Å². The molecule has 0 radical (unpaired) electrons. The lowest BCUT2D eigenvalue weighted by Gasteiger charge is -2.28. The van der Waals surface area contributed by atoms with Crippen molar-refractivity contribution in [1.29, 1.82) is 0 Å². The van der Waals surface area contributed by atoms with Gasteiger partial charge >= 0.3 is 0 Å². The Bertz CT molecular complexity index is 511. The van der Waals surface area contributed by atoms with Crippen LogP contribution in [0.3, 0.4) is 0 Å². The molecule has 5 heteroatoms. The monoisotopic (exact) mass is 269 g/mol. The number of rotatable bonds is 4. The van der Waals surface area contributed by atoms with E-state index in [9.17, 15) is 0 Å². The van der Waals surface area contributed by atoms with E-state index in [4.69, 9.17) is 11.6 Å². The summed E-state index contributed by atoms with van der Waals surface area (Å²) in [6.07, 6.45) is 1.08. The van der Waals surface area contributed by atoms with Crippen LogP contribution in [0, 0.1) is 0 Å². The highest BCUT2D eigenvalue weighted by molar-refractivity contribution is 7.16. The van der Waals surface area contributed by atoms with Crippen LogP contribution in [0.1, 0.15) is 27.2 Å². The van der Waals surface area contributed by atoms with Gasteiger partial charge in [0.1, 0.15) is 10.6 Å². The molecular formula is C12H16ClN3S. The number of nitrogens with zero attached hydrogens (tertiary/aromatic N) is 3. The number of hydrogen-bond acceptors (Lipinski definition) is 4. The van der Waals surface area contributed by atoms with Crippen molar-refractivity contribution in [3.05, 3.63) is 16.7 Å². The summed E-state index contributed by atoms with van der Waals surface area (Å²) >= 11 is 7.59. The van der Waals surface area contributed by atoms with Gasteiger partial charge in [-0.2, -0.15) is 4.98 Å². The predicted molar refractivity (Wildman–Crippen MR) is 75.2 cm³/mol. The van der Waals surface area contributed by atoms with Crippen LogP contribution in [0.25, 0.3) is 10.2 Å². The van der Waals surface area contributed by atoms with Gasteiger partial charge in [0, 0.05) is 12.6 Å². The smallest absolute Gasteiger partial charge is 0.225 e. The molecule has 0 spiro atoms. The second kappa shape index (κ2) is 5.19. The first-order valence-electron chi connectivity index (χ1n) is 5.84. The van der Waals surface area contributed by atoms with E-state index in [-0.39, 0.29) is 0 Å². The zero-order valence-corrected chi connectivity index (χ0v) is 11.8. The maximum atomic E-state index is 5.99. The fraction of sp³-hybridized carbons (Fsp3) is 0.500. The summed E-state index contributed by atoms with van der Waals surface area (Å²) in [6.45, 7) is 7.45. The normalized spacial score (nSPS) is 12.9. The van der Waals surface area contributed by atoms with Gasteiger partial charge in [-0.1, -0.05) is 6.92 Å². The molecule has 0 aliphatic carbocycles. The van der Waals surface area contributed by atoms with Crippen LogP contribution >= 0.6 is 22.9 Å². The van der Waals surface area contributed by atoms with Crippen LogP contribution < -0.4 is 4.90 Å². The zero-order chi connectivity index (χ0) is 12.4. The number of aromatic nitrogens is 2. The van der Waals surface area contributed by atoms with Crippen molar-refractivity contribution >= 4 is 39.0 Å². The van der Waals surface area contributed by atoms with E-state index in [1.54, 1.807) is 11.3 Å². The van der Waals surface area contributed by atoms with Gasteiger partial charge in [0.05, 0.1) is 5.39 Å². The molecule has 0 amide bonds. The van der Waals surface area contributed by atoms with E-state index >= 15 is 0 Å². The SMILES string of the molecule is CCC(C)N(CC)c1nc(Cl)nc2sccc12. The first-order chi connectivity index (χ1) is 8.17. The van der Waals surface area contributed by atoms with Crippen molar-refractivity contribution in [2.24, 2.45) is 0 Å². The highest BCUT2D eigenvalue weighted by Gasteiger charge is 2.17. The molecule has 2 aromatic heterocycles. The second-order valence-corrected chi connectivity index (χ2v) is 5.23. The minimum atomic E-state index is 0.330. The molecule has 0 aliphatic rings. The molecule has 0 aliphatic heterocycles. The van der Waals surface area contributed by atoms with Crippen molar-refractivity contribution in [3.63, 3.8) is 0 Å². The van der Waals surface area contributed by atoms with E-state index in [0.717, 1.165) is 29.0 Å². The lowest BCUT2D eigenvalue weighted by Crippen LogP contribution is -2.33. The summed E-state index contributed by atoms with van der Waals surface area (Å²) in [5.74, 6) is 0.957. The van der Waals surface area contributed by atoms with Crippen LogP contribution in [-0.4, -0.2) is 22.6 Å². The molecule has 1 atom stereocenters. The van der Waals surface area contributed by atoms with Gasteiger partial charge < -0.3 is 4.90 Å². The van der Waals surface area contributed by atoms with Crippen molar-refractivity contribution < 1.29 is 0 Å². The molecule has 17 heavy (non-hydrogen) atoms. The molecule has 0 aromatic carbocycles. The Morgan fingerprint density at radius 3 is 2.82 bits per heavy atom. The van der Waals surface area contributed by atoms with Gasteiger partial charge in [-0.15, -0.1) is 11.3 Å². The van der Waals surface area contributed by atoms with E-state index in [0.29, 0.717) is 11.3 Å². The van der Waals surface area contributed by atoms with Gasteiger partial charge in [0.25, 0.3) is 0 Å². The molecule has 92 valence electrons. The topological polar surface area (TPSA) is 29.0 Å². The van der Waals surface area contributed by atoms with Crippen LogP contribution in [0.15, 0.2) is 11.4 Å². The predicted octanol–water partition coefficient (Wildman–Crippen LogP) is 3.97. The fourth-order valence-electron chi connectivity index (χ4n) is 1.92. The summed E-state index contributed by atoms with van der Waals surface area (Å²) in [4.78, 5) is 11.9. The number of thiophene rings is 1. The third kappa shape index (κ3) is 2.38. The summed E-state index contributed by atoms with van der Waals surface area (Å²) in [5.41, 5.74) is 0. The number of hydrogen-bond donors (Lipinski definition) is 0. The van der Waals surface area contributed by atoms with Crippen LogP contribution in [0.2, 0.25) is 5.28 Å². The third-order valence-electron chi connectivity index (χ3n) is 3.01. The van der Waals surface area contributed by atoms with Crippen molar-refractivity contribution in [3.8, 4) is 0 Å². The van der Waals surface area contributed by atoms with Gasteiger partial charge in [-0.25, -0.2) is 4.98 Å². The third-order valence-corrected chi connectivity index (χ3v) is 3.99. The highest BCUT2D eigenvalue weighted by Crippen LogP contribution is 2.30. The average Bonchev–Trinajstić information content (AvgIpc) is 2.77. The zero-order valence-electron chi connectivity index (χ0n) is 10.3. The number of halogens is 1. The Morgan fingerprint density at radius 1 is 1.41 bits per heavy atom. The number of anilines is 1. The maximum Gasteiger partial charge on any atom is 0.225 e. The van der Waals surface area contributed by atoms with E-state index in [1.165, 1.54) is 0 Å².